The summed E-state index contributed by atoms with van der Waals surface area (Å²) in [5.74, 6) is 0. The fourth-order valence-electron chi connectivity index (χ4n) is 4.09. The smallest absolute Gasteiger partial charge is 0.0708 e. The van der Waals surface area contributed by atoms with E-state index in [0.717, 1.165) is 11.3 Å². The van der Waals surface area contributed by atoms with Crippen LogP contribution in [0.2, 0.25) is 0 Å². The molecule has 4 aromatic rings. The summed E-state index contributed by atoms with van der Waals surface area (Å²) in [6.45, 7) is 8.69. The van der Waals surface area contributed by atoms with Crippen LogP contribution in [0.5, 0.6) is 0 Å². The van der Waals surface area contributed by atoms with E-state index >= 15 is 0 Å². The van der Waals surface area contributed by atoms with Crippen molar-refractivity contribution >= 4 is 0 Å². The van der Waals surface area contributed by atoms with Crippen LogP contribution in [0, 0.1) is 27.7 Å². The van der Waals surface area contributed by atoms with Crippen LogP contribution < -0.4 is 0 Å². The molecule has 0 bridgehead atoms. The number of pyridine rings is 1. The summed E-state index contributed by atoms with van der Waals surface area (Å²) < 4.78 is 0. The monoisotopic (exact) mass is 363 g/mol. The van der Waals surface area contributed by atoms with Crippen LogP contribution >= 0.6 is 0 Å². The van der Waals surface area contributed by atoms with Gasteiger partial charge in [-0.2, -0.15) is 0 Å². The molecule has 0 N–H and O–H groups in total. The normalized spacial score (nSPS) is 10.9. The first-order valence-corrected chi connectivity index (χ1v) is 9.73. The Hall–Kier alpha value is -3.19. The van der Waals surface area contributed by atoms with Gasteiger partial charge < -0.3 is 0 Å². The predicted molar refractivity (Wildman–Crippen MR) is 119 cm³/mol. The zero-order chi connectivity index (χ0) is 19.7. The fraction of sp³-hybridized carbons (Fsp3) is 0.148. The summed E-state index contributed by atoms with van der Waals surface area (Å²) in [6.07, 6.45) is 1.92. The zero-order valence-corrected chi connectivity index (χ0v) is 17.0. The van der Waals surface area contributed by atoms with Gasteiger partial charge in [-0.1, -0.05) is 60.2 Å². The van der Waals surface area contributed by atoms with Crippen LogP contribution in [0.4, 0.5) is 0 Å². The van der Waals surface area contributed by atoms with Gasteiger partial charge in [0.1, 0.15) is 0 Å². The molecule has 0 aliphatic rings. The van der Waals surface area contributed by atoms with Crippen molar-refractivity contribution in [3.8, 4) is 33.5 Å². The van der Waals surface area contributed by atoms with Gasteiger partial charge in [0.2, 0.25) is 0 Å². The number of aryl methyl sites for hydroxylation is 4. The van der Waals surface area contributed by atoms with Crippen LogP contribution in [0.3, 0.4) is 0 Å². The maximum Gasteiger partial charge on any atom is 0.0708 e. The van der Waals surface area contributed by atoms with Crippen molar-refractivity contribution in [3.63, 3.8) is 0 Å². The Balaban J connectivity index is 1.81. The van der Waals surface area contributed by atoms with E-state index in [2.05, 4.69) is 105 Å². The SMILES string of the molecule is Cc1cc(C)c(-c2ccnc(-c3ccc(C)c(-c4ccccc4)c3)c2)c(C)c1. The van der Waals surface area contributed by atoms with Crippen molar-refractivity contribution in [2.24, 2.45) is 0 Å². The molecular weight excluding hydrogens is 338 g/mol. The minimum Gasteiger partial charge on any atom is -0.256 e. The molecular formula is C27H25N. The molecule has 1 aromatic heterocycles. The number of rotatable bonds is 3. The Morgan fingerprint density at radius 1 is 0.571 bits per heavy atom. The van der Waals surface area contributed by atoms with Gasteiger partial charge in [-0.15, -0.1) is 0 Å². The molecule has 0 amide bonds. The Morgan fingerprint density at radius 2 is 1.29 bits per heavy atom. The van der Waals surface area contributed by atoms with E-state index in [4.69, 9.17) is 0 Å². The van der Waals surface area contributed by atoms with Crippen molar-refractivity contribution in [1.82, 2.24) is 4.98 Å². The molecule has 1 heteroatoms. The summed E-state index contributed by atoms with van der Waals surface area (Å²) >= 11 is 0. The molecule has 0 spiro atoms. The van der Waals surface area contributed by atoms with Crippen molar-refractivity contribution in [2.75, 3.05) is 0 Å². The van der Waals surface area contributed by atoms with Crippen molar-refractivity contribution in [3.05, 3.63) is 101 Å². The average Bonchev–Trinajstić information content (AvgIpc) is 2.68. The van der Waals surface area contributed by atoms with Crippen LogP contribution in [0.15, 0.2) is 79.0 Å². The Bertz CT molecular complexity index is 1120. The van der Waals surface area contributed by atoms with Crippen LogP contribution in [0.25, 0.3) is 33.5 Å². The Morgan fingerprint density at radius 3 is 2.00 bits per heavy atom. The van der Waals surface area contributed by atoms with E-state index in [0.29, 0.717) is 0 Å². The third-order valence-electron chi connectivity index (χ3n) is 5.34. The number of hydrogen-bond acceptors (Lipinski definition) is 1. The molecule has 0 unspecified atom stereocenters. The second-order valence-electron chi connectivity index (χ2n) is 7.60. The summed E-state index contributed by atoms with van der Waals surface area (Å²) in [7, 11) is 0. The van der Waals surface area contributed by atoms with Crippen LogP contribution in [-0.4, -0.2) is 4.98 Å². The standard InChI is InChI=1S/C27H25N/c1-18-14-20(3)27(21(4)15-18)24-12-13-28-26(17-24)23-11-10-19(2)25(16-23)22-8-6-5-7-9-22/h5-17H,1-4H3. The van der Waals surface area contributed by atoms with Gasteiger partial charge in [-0.05, 0) is 84.8 Å². The maximum atomic E-state index is 4.68. The molecule has 0 fully saturated rings. The highest BCUT2D eigenvalue weighted by atomic mass is 14.7. The quantitative estimate of drug-likeness (QED) is 0.372. The molecule has 1 nitrogen and oxygen atoms in total. The molecule has 0 aliphatic carbocycles. The zero-order valence-electron chi connectivity index (χ0n) is 17.0. The van der Waals surface area contributed by atoms with Gasteiger partial charge in [-0.3, -0.25) is 4.98 Å². The lowest BCUT2D eigenvalue weighted by Gasteiger charge is -2.13. The van der Waals surface area contributed by atoms with E-state index in [1.54, 1.807) is 0 Å². The lowest BCUT2D eigenvalue weighted by atomic mass is 9.92. The molecule has 1 heterocycles. The molecule has 0 atom stereocenters. The lowest BCUT2D eigenvalue weighted by Crippen LogP contribution is -1.92. The van der Waals surface area contributed by atoms with Gasteiger partial charge >= 0.3 is 0 Å². The average molecular weight is 364 g/mol. The molecule has 0 saturated heterocycles. The predicted octanol–water partition coefficient (Wildman–Crippen LogP) is 7.32. The first-order valence-electron chi connectivity index (χ1n) is 9.73. The van der Waals surface area contributed by atoms with Crippen LogP contribution in [0.1, 0.15) is 22.3 Å². The molecule has 138 valence electrons. The van der Waals surface area contributed by atoms with Crippen molar-refractivity contribution in [2.45, 2.75) is 27.7 Å². The highest BCUT2D eigenvalue weighted by Gasteiger charge is 2.10. The minimum atomic E-state index is 1.01. The highest BCUT2D eigenvalue weighted by Crippen LogP contribution is 2.32. The number of nitrogens with zero attached hydrogens (tertiary/aromatic N) is 1. The third-order valence-corrected chi connectivity index (χ3v) is 5.34. The third kappa shape index (κ3) is 3.48. The van der Waals surface area contributed by atoms with Crippen LogP contribution in [-0.2, 0) is 0 Å². The second-order valence-corrected chi connectivity index (χ2v) is 7.60. The lowest BCUT2D eigenvalue weighted by molar-refractivity contribution is 1.29. The number of hydrogen-bond donors (Lipinski definition) is 0. The van der Waals surface area contributed by atoms with Gasteiger partial charge in [0.25, 0.3) is 0 Å². The Kier molecular flexibility index (Phi) is 4.83. The number of benzene rings is 3. The summed E-state index contributed by atoms with van der Waals surface area (Å²) in [6, 6.07) is 26.0. The maximum absolute atomic E-state index is 4.68. The summed E-state index contributed by atoms with van der Waals surface area (Å²) in [5.41, 5.74) is 12.4. The van der Waals surface area contributed by atoms with Gasteiger partial charge in [0.15, 0.2) is 0 Å². The molecule has 0 aliphatic heterocycles. The molecule has 3 aromatic carbocycles. The van der Waals surface area contributed by atoms with E-state index in [1.165, 1.54) is 44.5 Å². The summed E-state index contributed by atoms with van der Waals surface area (Å²) in [5, 5.41) is 0. The first kappa shape index (κ1) is 18.2. The van der Waals surface area contributed by atoms with Gasteiger partial charge in [0.05, 0.1) is 5.69 Å². The van der Waals surface area contributed by atoms with E-state index in [1.807, 2.05) is 6.20 Å². The van der Waals surface area contributed by atoms with E-state index < -0.39 is 0 Å². The largest absolute Gasteiger partial charge is 0.256 e. The fourth-order valence-corrected chi connectivity index (χ4v) is 4.09. The molecule has 4 rings (SSSR count). The summed E-state index contributed by atoms with van der Waals surface area (Å²) in [4.78, 5) is 4.68. The van der Waals surface area contributed by atoms with Crippen molar-refractivity contribution in [1.29, 1.82) is 0 Å². The van der Waals surface area contributed by atoms with E-state index in [-0.39, 0.29) is 0 Å². The molecule has 28 heavy (non-hydrogen) atoms. The van der Waals surface area contributed by atoms with Gasteiger partial charge in [-0.25, -0.2) is 0 Å². The second kappa shape index (κ2) is 7.44. The number of aromatic nitrogens is 1. The van der Waals surface area contributed by atoms with E-state index in [9.17, 15) is 0 Å². The minimum absolute atomic E-state index is 1.01. The highest BCUT2D eigenvalue weighted by molar-refractivity contribution is 5.78. The first-order chi connectivity index (χ1) is 13.5. The topological polar surface area (TPSA) is 12.9 Å². The molecule has 0 saturated carbocycles. The van der Waals surface area contributed by atoms with Crippen molar-refractivity contribution < 1.29 is 0 Å². The van der Waals surface area contributed by atoms with Gasteiger partial charge in [0, 0.05) is 11.8 Å². The molecule has 0 radical (unpaired) electrons. The Labute approximate surface area is 167 Å².